The van der Waals surface area contributed by atoms with E-state index in [-0.39, 0.29) is 0 Å². The van der Waals surface area contributed by atoms with E-state index in [2.05, 4.69) is 216 Å². The van der Waals surface area contributed by atoms with Gasteiger partial charge in [-0.2, -0.15) is 0 Å². The van der Waals surface area contributed by atoms with Crippen LogP contribution in [-0.4, -0.2) is 0 Å². The molecule has 2 heteroatoms. The van der Waals surface area contributed by atoms with Crippen molar-refractivity contribution in [1.82, 2.24) is 0 Å². The van der Waals surface area contributed by atoms with Gasteiger partial charge < -0.3 is 4.90 Å². The monoisotopic (exact) mass is 750 g/mol. The fourth-order valence-corrected chi connectivity index (χ4v) is 8.54. The van der Waals surface area contributed by atoms with Crippen LogP contribution in [0.1, 0.15) is 16.7 Å². The van der Waals surface area contributed by atoms with Crippen molar-refractivity contribution in [3.8, 4) is 22.3 Å². The number of para-hydroxylation sites is 1. The van der Waals surface area contributed by atoms with Crippen LogP contribution in [0.15, 0.2) is 224 Å². The second-order valence-corrected chi connectivity index (χ2v) is 14.8. The maximum absolute atomic E-state index is 7.60. The summed E-state index contributed by atoms with van der Waals surface area (Å²) in [5.41, 5.74) is 13.1. The first-order chi connectivity index (χ1) is 29.2. The van der Waals surface area contributed by atoms with E-state index in [1.54, 1.807) is 0 Å². The molecule has 0 amide bonds. The standard InChI is InChI=1S/C57H38N2/c1-58-46-21-14-20-45(39-46)54(42-16-4-2-5-17-42)38-40-30-32-43(33-31-40)56-50-25-10-12-27-52(50)57(53-28-13-11-26-51(53)56)44-34-36-48(37-35-44)59(47-22-6-3-7-23-47)55-29-15-19-41-18-8-9-24-49(41)55/h2-39H/b54-38+. The summed E-state index contributed by atoms with van der Waals surface area (Å²) >= 11 is 0. The van der Waals surface area contributed by atoms with Crippen LogP contribution in [0.2, 0.25) is 0 Å². The Bertz CT molecular complexity index is 3130. The topological polar surface area (TPSA) is 7.60 Å². The normalized spacial score (nSPS) is 11.5. The van der Waals surface area contributed by atoms with Crippen LogP contribution in [0.4, 0.5) is 22.7 Å². The van der Waals surface area contributed by atoms with Gasteiger partial charge in [0.25, 0.3) is 0 Å². The van der Waals surface area contributed by atoms with Crippen LogP contribution in [0.5, 0.6) is 0 Å². The molecular formula is C57H38N2. The summed E-state index contributed by atoms with van der Waals surface area (Å²) in [6.45, 7) is 7.60. The van der Waals surface area contributed by atoms with Crippen molar-refractivity contribution in [2.45, 2.75) is 0 Å². The summed E-state index contributed by atoms with van der Waals surface area (Å²) in [5.74, 6) is 0. The maximum atomic E-state index is 7.60. The molecule has 0 aliphatic heterocycles. The Morgan fingerprint density at radius 1 is 0.407 bits per heavy atom. The molecule has 0 atom stereocenters. The zero-order valence-electron chi connectivity index (χ0n) is 32.3. The van der Waals surface area contributed by atoms with Crippen LogP contribution < -0.4 is 4.90 Å². The predicted octanol–water partition coefficient (Wildman–Crippen LogP) is 16.1. The molecule has 276 valence electrons. The van der Waals surface area contributed by atoms with Crippen LogP contribution in [-0.2, 0) is 0 Å². The minimum absolute atomic E-state index is 0.632. The summed E-state index contributed by atoms with van der Waals surface area (Å²) in [6, 6.07) is 79.7. The van der Waals surface area contributed by atoms with E-state index in [9.17, 15) is 0 Å². The van der Waals surface area contributed by atoms with Crippen molar-refractivity contribution in [2.24, 2.45) is 0 Å². The Morgan fingerprint density at radius 2 is 0.881 bits per heavy atom. The first-order valence-corrected chi connectivity index (χ1v) is 20.0. The molecule has 0 radical (unpaired) electrons. The molecular weight excluding hydrogens is 713 g/mol. The molecule has 10 aromatic carbocycles. The number of rotatable bonds is 8. The number of anilines is 3. The van der Waals surface area contributed by atoms with Gasteiger partial charge in [0.05, 0.1) is 12.3 Å². The molecule has 0 spiro atoms. The summed E-state index contributed by atoms with van der Waals surface area (Å²) in [6.07, 6.45) is 2.23. The third-order valence-corrected chi connectivity index (χ3v) is 11.2. The molecule has 0 fully saturated rings. The van der Waals surface area contributed by atoms with E-state index in [0.717, 1.165) is 39.3 Å². The van der Waals surface area contributed by atoms with Gasteiger partial charge in [0.2, 0.25) is 0 Å². The summed E-state index contributed by atoms with van der Waals surface area (Å²) < 4.78 is 0. The minimum atomic E-state index is 0.632. The molecule has 2 nitrogen and oxygen atoms in total. The summed E-state index contributed by atoms with van der Waals surface area (Å²) in [4.78, 5) is 6.06. The maximum Gasteiger partial charge on any atom is 0.187 e. The van der Waals surface area contributed by atoms with Crippen molar-refractivity contribution in [2.75, 3.05) is 4.90 Å². The number of nitrogens with zero attached hydrogens (tertiary/aromatic N) is 2. The second-order valence-electron chi connectivity index (χ2n) is 14.8. The van der Waals surface area contributed by atoms with Crippen molar-refractivity contribution in [1.29, 1.82) is 0 Å². The third-order valence-electron chi connectivity index (χ3n) is 11.2. The van der Waals surface area contributed by atoms with Gasteiger partial charge in [-0.15, -0.1) is 0 Å². The molecule has 59 heavy (non-hydrogen) atoms. The summed E-state index contributed by atoms with van der Waals surface area (Å²) in [7, 11) is 0. The second kappa shape index (κ2) is 15.5. The lowest BCUT2D eigenvalue weighted by atomic mass is 9.85. The number of hydrogen-bond donors (Lipinski definition) is 0. The van der Waals surface area contributed by atoms with Gasteiger partial charge >= 0.3 is 0 Å². The largest absolute Gasteiger partial charge is 0.310 e. The first kappa shape index (κ1) is 35.4. The van der Waals surface area contributed by atoms with Crippen molar-refractivity contribution >= 4 is 66.7 Å². The van der Waals surface area contributed by atoms with E-state index in [0.29, 0.717) is 5.69 Å². The molecule has 0 aromatic heterocycles. The Hall–Kier alpha value is -7.99. The molecule has 0 aliphatic carbocycles. The van der Waals surface area contributed by atoms with Crippen LogP contribution in [0, 0.1) is 6.57 Å². The number of benzene rings is 10. The van der Waals surface area contributed by atoms with E-state index < -0.39 is 0 Å². The van der Waals surface area contributed by atoms with Gasteiger partial charge in [0, 0.05) is 16.8 Å². The molecule has 0 aliphatic rings. The molecule has 0 saturated carbocycles. The van der Waals surface area contributed by atoms with Crippen LogP contribution in [0.3, 0.4) is 0 Å². The fraction of sp³-hybridized carbons (Fsp3) is 0. The van der Waals surface area contributed by atoms with Crippen molar-refractivity contribution in [3.05, 3.63) is 253 Å². The molecule has 0 saturated heterocycles. The third kappa shape index (κ3) is 6.72. The van der Waals surface area contributed by atoms with Crippen molar-refractivity contribution < 1.29 is 0 Å². The van der Waals surface area contributed by atoms with E-state index in [4.69, 9.17) is 6.57 Å². The zero-order valence-corrected chi connectivity index (χ0v) is 32.3. The average molecular weight is 751 g/mol. The first-order valence-electron chi connectivity index (χ1n) is 20.0. The van der Waals surface area contributed by atoms with Crippen LogP contribution in [0.25, 0.3) is 71.1 Å². The predicted molar refractivity (Wildman–Crippen MR) is 251 cm³/mol. The SMILES string of the molecule is [C-]#[N+]c1cccc(/C(=C/c2ccc(-c3c4ccccc4c(-c4ccc(N(c5ccccc5)c5cccc6ccccc56)cc4)c4ccccc34)cc2)c2ccccc2)c1. The highest BCUT2D eigenvalue weighted by molar-refractivity contribution is 6.21. The van der Waals surface area contributed by atoms with Gasteiger partial charge in [-0.25, -0.2) is 4.85 Å². The van der Waals surface area contributed by atoms with E-state index >= 15 is 0 Å². The Balaban J connectivity index is 1.08. The number of hydrogen-bond acceptors (Lipinski definition) is 1. The number of fused-ring (bicyclic) bond motifs is 3. The van der Waals surface area contributed by atoms with Crippen molar-refractivity contribution in [3.63, 3.8) is 0 Å². The highest BCUT2D eigenvalue weighted by atomic mass is 15.1. The Morgan fingerprint density at radius 3 is 1.49 bits per heavy atom. The van der Waals surface area contributed by atoms with Gasteiger partial charge in [0.1, 0.15) is 0 Å². The summed E-state index contributed by atoms with van der Waals surface area (Å²) in [5, 5.41) is 7.30. The Labute approximate surface area is 345 Å². The van der Waals surface area contributed by atoms with Gasteiger partial charge in [-0.3, -0.25) is 0 Å². The lowest BCUT2D eigenvalue weighted by Crippen LogP contribution is -2.10. The van der Waals surface area contributed by atoms with Gasteiger partial charge in [-0.05, 0) is 114 Å². The highest BCUT2D eigenvalue weighted by Crippen LogP contribution is 2.45. The molecule has 10 rings (SSSR count). The molecule has 10 aromatic rings. The van der Waals surface area contributed by atoms with Gasteiger partial charge in [0.15, 0.2) is 5.69 Å². The van der Waals surface area contributed by atoms with E-state index in [1.807, 2.05) is 24.3 Å². The van der Waals surface area contributed by atoms with Gasteiger partial charge in [-0.1, -0.05) is 188 Å². The lowest BCUT2D eigenvalue weighted by Gasteiger charge is -2.27. The lowest BCUT2D eigenvalue weighted by molar-refractivity contribution is 1.30. The zero-order chi connectivity index (χ0) is 39.5. The molecule has 0 N–H and O–H groups in total. The fourth-order valence-electron chi connectivity index (χ4n) is 8.54. The average Bonchev–Trinajstić information content (AvgIpc) is 3.31. The molecule has 0 heterocycles. The van der Waals surface area contributed by atoms with Crippen LogP contribution >= 0.6 is 0 Å². The molecule has 0 unspecified atom stereocenters. The molecule has 0 bridgehead atoms. The van der Waals surface area contributed by atoms with E-state index in [1.165, 1.54) is 54.6 Å². The quantitative estimate of drug-likeness (QED) is 0.0852. The Kier molecular flexibility index (Phi) is 9.31. The minimum Gasteiger partial charge on any atom is -0.310 e. The highest BCUT2D eigenvalue weighted by Gasteiger charge is 2.19. The smallest absolute Gasteiger partial charge is 0.187 e.